The molecule has 0 spiro atoms. The van der Waals surface area contributed by atoms with E-state index in [0.717, 1.165) is 22.9 Å². The van der Waals surface area contributed by atoms with E-state index in [9.17, 15) is 4.39 Å². The largest absolute Gasteiger partial charge is 0.383 e. The SMILES string of the molecule is COCC(N)CCc1cc(F)cc(Br)c1. The fraction of sp³-hybridized carbons (Fsp3) is 0.455. The molecule has 0 aliphatic rings. The van der Waals surface area contributed by atoms with E-state index < -0.39 is 0 Å². The number of aryl methyl sites for hydroxylation is 1. The summed E-state index contributed by atoms with van der Waals surface area (Å²) in [5.41, 5.74) is 6.73. The van der Waals surface area contributed by atoms with Crippen LogP contribution in [0.1, 0.15) is 12.0 Å². The number of methoxy groups -OCH3 is 1. The van der Waals surface area contributed by atoms with Crippen molar-refractivity contribution in [1.82, 2.24) is 0 Å². The molecule has 1 unspecified atom stereocenters. The Hall–Kier alpha value is -0.450. The molecule has 0 aliphatic carbocycles. The molecular weight excluding hydrogens is 261 g/mol. The third kappa shape index (κ3) is 4.73. The van der Waals surface area contributed by atoms with Gasteiger partial charge in [-0.05, 0) is 36.6 Å². The molecule has 84 valence electrons. The van der Waals surface area contributed by atoms with Crippen LogP contribution in [0.5, 0.6) is 0 Å². The molecule has 4 heteroatoms. The van der Waals surface area contributed by atoms with E-state index in [1.54, 1.807) is 7.11 Å². The van der Waals surface area contributed by atoms with Crippen LogP contribution in [0.25, 0.3) is 0 Å². The van der Waals surface area contributed by atoms with Gasteiger partial charge in [0.15, 0.2) is 0 Å². The summed E-state index contributed by atoms with van der Waals surface area (Å²) < 4.78 is 18.7. The van der Waals surface area contributed by atoms with Crippen LogP contribution in [-0.4, -0.2) is 19.8 Å². The topological polar surface area (TPSA) is 35.2 Å². The zero-order chi connectivity index (χ0) is 11.3. The molecule has 15 heavy (non-hydrogen) atoms. The summed E-state index contributed by atoms with van der Waals surface area (Å²) in [4.78, 5) is 0. The molecule has 0 aromatic heterocycles. The predicted molar refractivity (Wildman–Crippen MR) is 62.3 cm³/mol. The average molecular weight is 276 g/mol. The van der Waals surface area contributed by atoms with Crippen LogP contribution in [0.2, 0.25) is 0 Å². The summed E-state index contributed by atoms with van der Waals surface area (Å²) in [6.45, 7) is 0.538. The second-order valence-corrected chi connectivity index (χ2v) is 4.45. The molecule has 0 fully saturated rings. The number of hydrogen-bond donors (Lipinski definition) is 1. The molecule has 2 nitrogen and oxygen atoms in total. The molecule has 1 aromatic rings. The minimum Gasteiger partial charge on any atom is -0.383 e. The van der Waals surface area contributed by atoms with Gasteiger partial charge >= 0.3 is 0 Å². The van der Waals surface area contributed by atoms with Crippen LogP contribution < -0.4 is 5.73 Å². The number of hydrogen-bond acceptors (Lipinski definition) is 2. The lowest BCUT2D eigenvalue weighted by Gasteiger charge is -2.10. The second-order valence-electron chi connectivity index (χ2n) is 3.53. The van der Waals surface area contributed by atoms with Gasteiger partial charge in [0.05, 0.1) is 6.61 Å². The highest BCUT2D eigenvalue weighted by Gasteiger charge is 2.04. The Kier molecular flexibility index (Phi) is 5.22. The molecular formula is C11H15BrFNO. The third-order valence-electron chi connectivity index (χ3n) is 2.11. The van der Waals surface area contributed by atoms with Crippen LogP contribution in [-0.2, 0) is 11.2 Å². The third-order valence-corrected chi connectivity index (χ3v) is 2.56. The van der Waals surface area contributed by atoms with Gasteiger partial charge in [0.2, 0.25) is 0 Å². The standard InChI is InChI=1S/C11H15BrFNO/c1-15-7-11(14)3-2-8-4-9(12)6-10(13)5-8/h4-6,11H,2-3,7,14H2,1H3. The zero-order valence-electron chi connectivity index (χ0n) is 8.67. The van der Waals surface area contributed by atoms with Gasteiger partial charge in [0, 0.05) is 17.6 Å². The van der Waals surface area contributed by atoms with Gasteiger partial charge in [-0.1, -0.05) is 15.9 Å². The summed E-state index contributed by atoms with van der Waals surface area (Å²) in [6.07, 6.45) is 1.56. The van der Waals surface area contributed by atoms with Crippen molar-refractivity contribution in [2.45, 2.75) is 18.9 Å². The van der Waals surface area contributed by atoms with Gasteiger partial charge < -0.3 is 10.5 Å². The molecule has 1 rings (SSSR count). The summed E-state index contributed by atoms with van der Waals surface area (Å²) in [5.74, 6) is -0.223. The first-order valence-corrected chi connectivity index (χ1v) is 5.60. The Labute approximate surface area is 97.7 Å². The molecule has 1 atom stereocenters. The molecule has 0 aliphatic heterocycles. The normalized spacial score (nSPS) is 12.8. The highest BCUT2D eigenvalue weighted by molar-refractivity contribution is 9.10. The fourth-order valence-corrected chi connectivity index (χ4v) is 1.92. The van der Waals surface area contributed by atoms with Gasteiger partial charge in [0.25, 0.3) is 0 Å². The van der Waals surface area contributed by atoms with E-state index in [4.69, 9.17) is 10.5 Å². The molecule has 1 aromatic carbocycles. The summed E-state index contributed by atoms with van der Waals surface area (Å²) in [7, 11) is 1.62. The first-order valence-electron chi connectivity index (χ1n) is 4.81. The Balaban J connectivity index is 2.50. The Morgan fingerprint density at radius 2 is 2.20 bits per heavy atom. The molecule has 0 heterocycles. The molecule has 0 saturated heterocycles. The maximum atomic E-state index is 13.0. The number of ether oxygens (including phenoxy) is 1. The van der Waals surface area contributed by atoms with Crippen molar-refractivity contribution in [2.24, 2.45) is 5.73 Å². The highest BCUT2D eigenvalue weighted by atomic mass is 79.9. The Bertz CT molecular complexity index is 299. The first-order chi connectivity index (χ1) is 7.11. The summed E-state index contributed by atoms with van der Waals surface area (Å²) in [6, 6.07) is 4.89. The lowest BCUT2D eigenvalue weighted by atomic mass is 10.1. The monoisotopic (exact) mass is 275 g/mol. The van der Waals surface area contributed by atoms with Crippen molar-refractivity contribution in [1.29, 1.82) is 0 Å². The van der Waals surface area contributed by atoms with E-state index in [2.05, 4.69) is 15.9 Å². The van der Waals surface area contributed by atoms with E-state index in [1.807, 2.05) is 6.07 Å². The quantitative estimate of drug-likeness (QED) is 0.896. The lowest BCUT2D eigenvalue weighted by Crippen LogP contribution is -2.26. The van der Waals surface area contributed by atoms with E-state index in [1.165, 1.54) is 12.1 Å². The van der Waals surface area contributed by atoms with Crippen molar-refractivity contribution in [3.63, 3.8) is 0 Å². The minimum absolute atomic E-state index is 0.0112. The number of rotatable bonds is 5. The smallest absolute Gasteiger partial charge is 0.124 e. The molecule has 0 amide bonds. The van der Waals surface area contributed by atoms with Gasteiger partial charge in [-0.3, -0.25) is 0 Å². The van der Waals surface area contributed by atoms with Crippen molar-refractivity contribution >= 4 is 15.9 Å². The summed E-state index contributed by atoms with van der Waals surface area (Å²) in [5, 5.41) is 0. The lowest BCUT2D eigenvalue weighted by molar-refractivity contribution is 0.177. The van der Waals surface area contributed by atoms with Crippen LogP contribution >= 0.6 is 15.9 Å². The van der Waals surface area contributed by atoms with E-state index >= 15 is 0 Å². The molecule has 0 saturated carbocycles. The van der Waals surface area contributed by atoms with Crippen LogP contribution in [0.3, 0.4) is 0 Å². The minimum atomic E-state index is -0.223. The molecule has 0 radical (unpaired) electrons. The van der Waals surface area contributed by atoms with Gasteiger partial charge in [-0.25, -0.2) is 4.39 Å². The van der Waals surface area contributed by atoms with E-state index in [-0.39, 0.29) is 11.9 Å². The predicted octanol–water partition coefficient (Wildman–Crippen LogP) is 2.49. The second kappa shape index (κ2) is 6.20. The van der Waals surface area contributed by atoms with Gasteiger partial charge in [0.1, 0.15) is 5.82 Å². The highest BCUT2D eigenvalue weighted by Crippen LogP contribution is 2.16. The number of benzene rings is 1. The van der Waals surface area contributed by atoms with Crippen LogP contribution in [0.4, 0.5) is 4.39 Å². The van der Waals surface area contributed by atoms with Crippen molar-refractivity contribution < 1.29 is 9.13 Å². The summed E-state index contributed by atoms with van der Waals surface area (Å²) >= 11 is 3.25. The van der Waals surface area contributed by atoms with Crippen molar-refractivity contribution in [3.05, 3.63) is 34.1 Å². The van der Waals surface area contributed by atoms with Crippen molar-refractivity contribution in [2.75, 3.05) is 13.7 Å². The maximum Gasteiger partial charge on any atom is 0.124 e. The fourth-order valence-electron chi connectivity index (χ4n) is 1.40. The molecule has 0 bridgehead atoms. The van der Waals surface area contributed by atoms with Gasteiger partial charge in [-0.2, -0.15) is 0 Å². The zero-order valence-corrected chi connectivity index (χ0v) is 10.3. The number of halogens is 2. The first kappa shape index (κ1) is 12.6. The van der Waals surface area contributed by atoms with Crippen molar-refractivity contribution in [3.8, 4) is 0 Å². The average Bonchev–Trinajstić information content (AvgIpc) is 2.14. The maximum absolute atomic E-state index is 13.0. The Morgan fingerprint density at radius 3 is 2.80 bits per heavy atom. The molecule has 2 N–H and O–H groups in total. The van der Waals surface area contributed by atoms with Crippen LogP contribution in [0, 0.1) is 5.82 Å². The van der Waals surface area contributed by atoms with Gasteiger partial charge in [-0.15, -0.1) is 0 Å². The Morgan fingerprint density at radius 1 is 1.47 bits per heavy atom. The number of nitrogens with two attached hydrogens (primary N) is 1. The van der Waals surface area contributed by atoms with E-state index in [0.29, 0.717) is 6.61 Å². The van der Waals surface area contributed by atoms with Crippen LogP contribution in [0.15, 0.2) is 22.7 Å².